The Morgan fingerprint density at radius 3 is 2.54 bits per heavy atom. The van der Waals surface area contributed by atoms with Gasteiger partial charge in [-0.2, -0.15) is 4.98 Å². The molecule has 0 atom stereocenters. The molecule has 0 saturated heterocycles. The summed E-state index contributed by atoms with van der Waals surface area (Å²) in [5.74, 6) is -0.244. The second-order valence-corrected chi connectivity index (χ2v) is 9.90. The van der Waals surface area contributed by atoms with E-state index in [-0.39, 0.29) is 44.2 Å². The zero-order valence-electron chi connectivity index (χ0n) is 19.6. The molecule has 4 rings (SSSR count). The van der Waals surface area contributed by atoms with Crippen LogP contribution in [0, 0.1) is 0 Å². The van der Waals surface area contributed by atoms with Crippen LogP contribution in [-0.4, -0.2) is 48.1 Å². The Morgan fingerprint density at radius 2 is 1.89 bits per heavy atom. The minimum absolute atomic E-state index is 0.0605. The number of ether oxygens (including phenoxy) is 1. The number of amides is 2. The second-order valence-electron chi connectivity index (χ2n) is 7.77. The number of aromatic nitrogens is 3. The summed E-state index contributed by atoms with van der Waals surface area (Å²) in [5, 5.41) is 11.9. The van der Waals surface area contributed by atoms with Gasteiger partial charge in [0.25, 0.3) is 11.8 Å². The number of halogens is 3. The predicted molar refractivity (Wildman–Crippen MR) is 144 cm³/mol. The summed E-state index contributed by atoms with van der Waals surface area (Å²) in [6.45, 7) is 0. The van der Waals surface area contributed by atoms with E-state index in [1.807, 2.05) is 0 Å². The highest BCUT2D eigenvalue weighted by Gasteiger charge is 2.24. The molecule has 0 aliphatic rings. The number of pyridine rings is 1. The van der Waals surface area contributed by atoms with Crippen molar-refractivity contribution >= 4 is 75.5 Å². The van der Waals surface area contributed by atoms with Crippen molar-refractivity contribution in [1.82, 2.24) is 15.1 Å². The number of carbonyl (C=O) groups excluding carboxylic acids is 2. The van der Waals surface area contributed by atoms with E-state index in [0.717, 1.165) is 11.3 Å². The molecule has 0 aliphatic carbocycles. The predicted octanol–water partition coefficient (Wildman–Crippen LogP) is 5.66. The third-order valence-corrected chi connectivity index (χ3v) is 6.95. The van der Waals surface area contributed by atoms with Gasteiger partial charge >= 0.3 is 6.01 Å². The van der Waals surface area contributed by atoms with Gasteiger partial charge in [-0.25, -0.2) is 4.98 Å². The highest BCUT2D eigenvalue weighted by molar-refractivity contribution is 7.13. The fourth-order valence-corrected chi connectivity index (χ4v) is 4.75. The van der Waals surface area contributed by atoms with Gasteiger partial charge in [-0.1, -0.05) is 40.0 Å². The lowest BCUT2D eigenvalue weighted by molar-refractivity contribution is 0.102. The molecule has 0 saturated carbocycles. The monoisotopic (exact) mass is 580 g/mol. The van der Waals surface area contributed by atoms with Gasteiger partial charge in [0.05, 0.1) is 28.4 Å². The van der Waals surface area contributed by atoms with Crippen LogP contribution in [0.2, 0.25) is 15.1 Å². The molecule has 2 amide bonds. The minimum atomic E-state index is -0.572. The van der Waals surface area contributed by atoms with E-state index < -0.39 is 11.8 Å². The van der Waals surface area contributed by atoms with Gasteiger partial charge < -0.3 is 24.8 Å². The van der Waals surface area contributed by atoms with Crippen LogP contribution in [0.15, 0.2) is 40.4 Å². The summed E-state index contributed by atoms with van der Waals surface area (Å²) in [6, 6.07) is 6.36. The van der Waals surface area contributed by atoms with Crippen molar-refractivity contribution in [3.05, 3.63) is 72.7 Å². The molecule has 1 aromatic carbocycles. The number of nitrogens with zero attached hydrogens (tertiary/aromatic N) is 4. The largest absolute Gasteiger partial charge is 0.494 e. The lowest BCUT2D eigenvalue weighted by atomic mass is 10.1. The van der Waals surface area contributed by atoms with Crippen LogP contribution in [0.25, 0.3) is 0 Å². The van der Waals surface area contributed by atoms with E-state index in [0.29, 0.717) is 22.4 Å². The van der Waals surface area contributed by atoms with Crippen LogP contribution in [-0.2, 0) is 6.42 Å². The number of anilines is 3. The lowest BCUT2D eigenvalue weighted by Gasteiger charge is -2.15. The summed E-state index contributed by atoms with van der Waals surface area (Å²) in [5.41, 5.74) is 0.825. The SMILES string of the molecule is COc1cc(Cl)cc(C(=O)Nc2ccc(Cl)cn2)c1NC(=O)c1scc(Cc2noc(N(C)C)n2)c1Cl. The van der Waals surface area contributed by atoms with E-state index in [1.54, 1.807) is 36.5 Å². The van der Waals surface area contributed by atoms with E-state index in [4.69, 9.17) is 44.1 Å². The Balaban J connectivity index is 1.59. The summed E-state index contributed by atoms with van der Waals surface area (Å²) < 4.78 is 10.5. The fourth-order valence-electron chi connectivity index (χ4n) is 3.17. The lowest BCUT2D eigenvalue weighted by Crippen LogP contribution is -2.19. The Labute approximate surface area is 230 Å². The van der Waals surface area contributed by atoms with Gasteiger partial charge in [0, 0.05) is 37.8 Å². The summed E-state index contributed by atoms with van der Waals surface area (Å²) in [6.07, 6.45) is 1.66. The zero-order valence-corrected chi connectivity index (χ0v) is 22.7. The number of carbonyl (C=O) groups is 2. The van der Waals surface area contributed by atoms with Crippen molar-refractivity contribution in [1.29, 1.82) is 0 Å². The van der Waals surface area contributed by atoms with Crippen LogP contribution in [0.1, 0.15) is 31.4 Å². The maximum Gasteiger partial charge on any atom is 0.323 e. The minimum Gasteiger partial charge on any atom is -0.494 e. The molecule has 192 valence electrons. The number of methoxy groups -OCH3 is 1. The first kappa shape index (κ1) is 26.7. The fraction of sp³-hybridized carbons (Fsp3) is 0.174. The van der Waals surface area contributed by atoms with Crippen molar-refractivity contribution in [3.63, 3.8) is 0 Å². The first-order valence-electron chi connectivity index (χ1n) is 10.5. The van der Waals surface area contributed by atoms with Crippen molar-refractivity contribution in [2.24, 2.45) is 0 Å². The topological polar surface area (TPSA) is 122 Å². The van der Waals surface area contributed by atoms with Gasteiger partial charge in [0.1, 0.15) is 16.4 Å². The first-order chi connectivity index (χ1) is 17.7. The van der Waals surface area contributed by atoms with Crippen molar-refractivity contribution in [3.8, 4) is 5.75 Å². The molecule has 0 unspecified atom stereocenters. The first-order valence-corrected chi connectivity index (χ1v) is 12.5. The van der Waals surface area contributed by atoms with Gasteiger partial charge in [-0.3, -0.25) is 9.59 Å². The van der Waals surface area contributed by atoms with Crippen molar-refractivity contribution in [2.75, 3.05) is 36.7 Å². The van der Waals surface area contributed by atoms with Crippen molar-refractivity contribution in [2.45, 2.75) is 6.42 Å². The third kappa shape index (κ3) is 6.13. The van der Waals surface area contributed by atoms with Crippen LogP contribution in [0.5, 0.6) is 5.75 Å². The average Bonchev–Trinajstić information content (AvgIpc) is 3.48. The normalized spacial score (nSPS) is 10.8. The highest BCUT2D eigenvalue weighted by atomic mass is 35.5. The molecule has 0 spiro atoms. The Kier molecular flexibility index (Phi) is 8.18. The molecule has 4 aromatic rings. The third-order valence-electron chi connectivity index (χ3n) is 4.93. The van der Waals surface area contributed by atoms with Crippen LogP contribution in [0.3, 0.4) is 0 Å². The Hall–Kier alpha value is -3.38. The van der Waals surface area contributed by atoms with E-state index in [1.165, 1.54) is 25.4 Å². The van der Waals surface area contributed by atoms with Gasteiger partial charge in [0.2, 0.25) is 0 Å². The van der Waals surface area contributed by atoms with E-state index in [2.05, 4.69) is 25.8 Å². The highest BCUT2D eigenvalue weighted by Crippen LogP contribution is 2.35. The summed E-state index contributed by atoms with van der Waals surface area (Å²) in [4.78, 5) is 36.6. The molecule has 0 radical (unpaired) electrons. The quantitative estimate of drug-likeness (QED) is 0.273. The molecule has 0 aliphatic heterocycles. The number of thiophene rings is 1. The smallest absolute Gasteiger partial charge is 0.323 e. The average molecular weight is 582 g/mol. The van der Waals surface area contributed by atoms with Crippen molar-refractivity contribution < 1.29 is 18.8 Å². The van der Waals surface area contributed by atoms with Gasteiger partial charge in [-0.05, 0) is 29.1 Å². The Morgan fingerprint density at radius 1 is 1.11 bits per heavy atom. The number of nitrogens with one attached hydrogen (secondary N) is 2. The number of rotatable bonds is 8. The van der Waals surface area contributed by atoms with Crippen LogP contribution in [0.4, 0.5) is 17.5 Å². The number of hydrogen-bond donors (Lipinski definition) is 2. The van der Waals surface area contributed by atoms with Crippen LogP contribution < -0.4 is 20.3 Å². The Bertz CT molecular complexity index is 1460. The molecule has 14 heteroatoms. The van der Waals surface area contributed by atoms with Crippen LogP contribution >= 0.6 is 46.1 Å². The second kappa shape index (κ2) is 11.3. The molecule has 0 fully saturated rings. The molecule has 3 aromatic heterocycles. The summed E-state index contributed by atoms with van der Waals surface area (Å²) in [7, 11) is 4.96. The molecule has 3 heterocycles. The molecule has 10 nitrogen and oxygen atoms in total. The zero-order chi connectivity index (χ0) is 26.7. The molecule has 0 bridgehead atoms. The van der Waals surface area contributed by atoms with E-state index in [9.17, 15) is 9.59 Å². The molecule has 2 N–H and O–H groups in total. The number of hydrogen-bond acceptors (Lipinski definition) is 9. The standard InChI is InChI=1S/C23H19Cl3N6O4S/c1-32(2)23-29-17(31-36-23)6-11-10-37-20(18(11)26)22(34)30-19-14(7-13(25)8-15(19)35-3)21(33)28-16-5-4-12(24)9-27-16/h4-5,7-10H,6H2,1-3H3,(H,30,34)(H,27,28,33). The summed E-state index contributed by atoms with van der Waals surface area (Å²) >= 11 is 19.7. The molecular formula is C23H19Cl3N6O4S. The van der Waals surface area contributed by atoms with Gasteiger partial charge in [0.15, 0.2) is 5.82 Å². The maximum absolute atomic E-state index is 13.2. The van der Waals surface area contributed by atoms with E-state index >= 15 is 0 Å². The molecule has 37 heavy (non-hydrogen) atoms. The van der Waals surface area contributed by atoms with Gasteiger partial charge in [-0.15, -0.1) is 11.3 Å². The molecular weight excluding hydrogens is 563 g/mol. The number of benzene rings is 1. The maximum atomic E-state index is 13.2.